The SMILES string of the molecule is CCOc1ccccc1OCCCC(=O)Nc1cc(OC)c(OC)cc1C. The topological polar surface area (TPSA) is 66.0 Å². The molecule has 146 valence electrons. The number of hydrogen-bond donors (Lipinski definition) is 1. The summed E-state index contributed by atoms with van der Waals surface area (Å²) in [4.78, 5) is 12.2. The van der Waals surface area contributed by atoms with E-state index in [1.54, 1.807) is 20.3 Å². The molecule has 0 aromatic heterocycles. The maximum atomic E-state index is 12.2. The van der Waals surface area contributed by atoms with Crippen LogP contribution < -0.4 is 24.3 Å². The number of ether oxygens (including phenoxy) is 4. The lowest BCUT2D eigenvalue weighted by atomic mass is 10.1. The zero-order chi connectivity index (χ0) is 19.6. The van der Waals surface area contributed by atoms with Gasteiger partial charge in [0.1, 0.15) is 0 Å². The molecule has 0 fully saturated rings. The van der Waals surface area contributed by atoms with Gasteiger partial charge < -0.3 is 24.3 Å². The number of hydrogen-bond acceptors (Lipinski definition) is 5. The van der Waals surface area contributed by atoms with E-state index in [0.717, 1.165) is 5.56 Å². The molecule has 0 radical (unpaired) electrons. The van der Waals surface area contributed by atoms with Crippen LogP contribution in [0.1, 0.15) is 25.3 Å². The molecule has 0 atom stereocenters. The van der Waals surface area contributed by atoms with E-state index in [-0.39, 0.29) is 5.91 Å². The van der Waals surface area contributed by atoms with E-state index >= 15 is 0 Å². The molecular weight excluding hydrogens is 346 g/mol. The Morgan fingerprint density at radius 2 is 1.59 bits per heavy atom. The largest absolute Gasteiger partial charge is 0.493 e. The molecule has 0 bridgehead atoms. The molecule has 2 rings (SSSR count). The molecule has 1 amide bonds. The van der Waals surface area contributed by atoms with Crippen molar-refractivity contribution in [3.8, 4) is 23.0 Å². The van der Waals surface area contributed by atoms with Gasteiger partial charge in [0, 0.05) is 18.2 Å². The zero-order valence-electron chi connectivity index (χ0n) is 16.3. The van der Waals surface area contributed by atoms with Gasteiger partial charge in [0.2, 0.25) is 5.91 Å². The smallest absolute Gasteiger partial charge is 0.224 e. The molecule has 27 heavy (non-hydrogen) atoms. The Bertz CT molecular complexity index is 760. The molecule has 6 heteroatoms. The lowest BCUT2D eigenvalue weighted by molar-refractivity contribution is -0.116. The van der Waals surface area contributed by atoms with Gasteiger partial charge in [-0.3, -0.25) is 4.79 Å². The maximum Gasteiger partial charge on any atom is 0.224 e. The van der Waals surface area contributed by atoms with Crippen LogP contribution in [-0.4, -0.2) is 33.3 Å². The molecule has 0 saturated carbocycles. The van der Waals surface area contributed by atoms with Gasteiger partial charge in [0.25, 0.3) is 0 Å². The fourth-order valence-corrected chi connectivity index (χ4v) is 2.59. The molecule has 6 nitrogen and oxygen atoms in total. The van der Waals surface area contributed by atoms with Crippen molar-refractivity contribution in [2.45, 2.75) is 26.7 Å². The lowest BCUT2D eigenvalue weighted by Crippen LogP contribution is -2.14. The van der Waals surface area contributed by atoms with Crippen LogP contribution in [0.5, 0.6) is 23.0 Å². The third-order valence-electron chi connectivity index (χ3n) is 3.96. The van der Waals surface area contributed by atoms with Crippen molar-refractivity contribution in [1.82, 2.24) is 0 Å². The summed E-state index contributed by atoms with van der Waals surface area (Å²) in [7, 11) is 3.15. The monoisotopic (exact) mass is 373 g/mol. The average molecular weight is 373 g/mol. The molecule has 1 N–H and O–H groups in total. The number of methoxy groups -OCH3 is 2. The van der Waals surface area contributed by atoms with E-state index < -0.39 is 0 Å². The third kappa shape index (κ3) is 5.81. The van der Waals surface area contributed by atoms with E-state index in [9.17, 15) is 4.79 Å². The minimum absolute atomic E-state index is 0.0768. The number of anilines is 1. The molecule has 0 heterocycles. The highest BCUT2D eigenvalue weighted by Crippen LogP contribution is 2.33. The van der Waals surface area contributed by atoms with Gasteiger partial charge in [-0.1, -0.05) is 12.1 Å². The molecular formula is C21H27NO5. The van der Waals surface area contributed by atoms with E-state index in [2.05, 4.69) is 5.32 Å². The Morgan fingerprint density at radius 3 is 2.22 bits per heavy atom. The summed E-state index contributed by atoms with van der Waals surface area (Å²) in [6.07, 6.45) is 0.948. The summed E-state index contributed by atoms with van der Waals surface area (Å²) in [5, 5.41) is 2.91. The van der Waals surface area contributed by atoms with Gasteiger partial charge in [0.15, 0.2) is 23.0 Å². The molecule has 2 aromatic carbocycles. The summed E-state index contributed by atoms with van der Waals surface area (Å²) in [6.45, 7) is 4.85. The van der Waals surface area contributed by atoms with Gasteiger partial charge in [-0.05, 0) is 44.0 Å². The number of carbonyl (C=O) groups excluding carboxylic acids is 1. The minimum Gasteiger partial charge on any atom is -0.493 e. The summed E-state index contributed by atoms with van der Waals surface area (Å²) < 4.78 is 21.8. The predicted molar refractivity (Wildman–Crippen MR) is 105 cm³/mol. The van der Waals surface area contributed by atoms with Crippen LogP contribution in [0, 0.1) is 6.92 Å². The third-order valence-corrected chi connectivity index (χ3v) is 3.96. The van der Waals surface area contributed by atoms with E-state index in [1.807, 2.05) is 44.2 Å². The summed E-state index contributed by atoms with van der Waals surface area (Å²) in [5.74, 6) is 2.54. The standard InChI is InChI=1S/C21H27NO5/c1-5-26-17-9-6-7-10-18(17)27-12-8-11-21(23)22-16-14-20(25-4)19(24-3)13-15(16)2/h6-7,9-10,13-14H,5,8,11-12H2,1-4H3,(H,22,23). The van der Waals surface area contributed by atoms with Crippen molar-refractivity contribution < 1.29 is 23.7 Å². The quantitative estimate of drug-likeness (QED) is 0.632. The molecule has 0 aliphatic heterocycles. The fourth-order valence-electron chi connectivity index (χ4n) is 2.59. The van der Waals surface area contributed by atoms with Gasteiger partial charge >= 0.3 is 0 Å². The summed E-state index contributed by atoms with van der Waals surface area (Å²) in [6, 6.07) is 11.1. The van der Waals surface area contributed by atoms with Crippen LogP contribution in [0.3, 0.4) is 0 Å². The Hall–Kier alpha value is -2.89. The number of aryl methyl sites for hydroxylation is 1. The van der Waals surface area contributed by atoms with Crippen molar-refractivity contribution in [1.29, 1.82) is 0 Å². The Labute approximate surface area is 160 Å². The van der Waals surface area contributed by atoms with Crippen LogP contribution in [0.2, 0.25) is 0 Å². The first kappa shape index (κ1) is 20.4. The average Bonchev–Trinajstić information content (AvgIpc) is 2.67. The Kier molecular flexibility index (Phi) is 7.79. The summed E-state index contributed by atoms with van der Waals surface area (Å²) in [5.41, 5.74) is 1.61. The van der Waals surface area contributed by atoms with Crippen LogP contribution in [-0.2, 0) is 4.79 Å². The van der Waals surface area contributed by atoms with Crippen LogP contribution in [0.15, 0.2) is 36.4 Å². The van der Waals surface area contributed by atoms with Crippen molar-refractivity contribution in [2.24, 2.45) is 0 Å². The van der Waals surface area contributed by atoms with E-state index in [1.165, 1.54) is 0 Å². The van der Waals surface area contributed by atoms with Crippen molar-refractivity contribution in [3.05, 3.63) is 42.0 Å². The first-order valence-electron chi connectivity index (χ1n) is 8.96. The lowest BCUT2D eigenvalue weighted by Gasteiger charge is -2.14. The summed E-state index contributed by atoms with van der Waals surface area (Å²) >= 11 is 0. The highest BCUT2D eigenvalue weighted by atomic mass is 16.5. The molecule has 0 aliphatic carbocycles. The number of rotatable bonds is 10. The molecule has 0 aliphatic rings. The van der Waals surface area contributed by atoms with E-state index in [0.29, 0.717) is 54.7 Å². The highest BCUT2D eigenvalue weighted by Gasteiger charge is 2.11. The van der Waals surface area contributed by atoms with Gasteiger partial charge in [-0.2, -0.15) is 0 Å². The normalized spacial score (nSPS) is 10.2. The Morgan fingerprint density at radius 1 is 0.963 bits per heavy atom. The zero-order valence-corrected chi connectivity index (χ0v) is 16.3. The van der Waals surface area contributed by atoms with Gasteiger partial charge in [-0.25, -0.2) is 0 Å². The van der Waals surface area contributed by atoms with Crippen molar-refractivity contribution in [2.75, 3.05) is 32.8 Å². The highest BCUT2D eigenvalue weighted by molar-refractivity contribution is 5.92. The van der Waals surface area contributed by atoms with Crippen LogP contribution >= 0.6 is 0 Å². The molecule has 0 saturated heterocycles. The van der Waals surface area contributed by atoms with Crippen LogP contribution in [0.4, 0.5) is 5.69 Å². The second-order valence-electron chi connectivity index (χ2n) is 5.90. The maximum absolute atomic E-state index is 12.2. The fraction of sp³-hybridized carbons (Fsp3) is 0.381. The van der Waals surface area contributed by atoms with Crippen LogP contribution in [0.25, 0.3) is 0 Å². The number of amides is 1. The first-order valence-corrected chi connectivity index (χ1v) is 8.96. The second kappa shape index (κ2) is 10.3. The molecule has 2 aromatic rings. The minimum atomic E-state index is -0.0768. The molecule has 0 unspecified atom stereocenters. The van der Waals surface area contributed by atoms with Crippen molar-refractivity contribution >= 4 is 11.6 Å². The van der Waals surface area contributed by atoms with Gasteiger partial charge in [-0.15, -0.1) is 0 Å². The molecule has 0 spiro atoms. The number of para-hydroxylation sites is 2. The number of carbonyl (C=O) groups is 1. The predicted octanol–water partition coefficient (Wildman–Crippen LogP) is 4.21. The van der Waals surface area contributed by atoms with Crippen molar-refractivity contribution in [3.63, 3.8) is 0 Å². The first-order chi connectivity index (χ1) is 13.1. The number of nitrogens with one attached hydrogen (secondary N) is 1. The van der Waals surface area contributed by atoms with Gasteiger partial charge in [0.05, 0.1) is 27.4 Å². The number of benzene rings is 2. The van der Waals surface area contributed by atoms with E-state index in [4.69, 9.17) is 18.9 Å². The Balaban J connectivity index is 1.85. The second-order valence-corrected chi connectivity index (χ2v) is 5.90.